The Morgan fingerprint density at radius 2 is 2.03 bits per heavy atom. The summed E-state index contributed by atoms with van der Waals surface area (Å²) >= 11 is 1.48. The molecule has 0 fully saturated rings. The third-order valence-electron chi connectivity index (χ3n) is 5.69. The minimum Gasteiger partial charge on any atom is -0.496 e. The number of fused-ring (bicyclic) bond motifs is 1. The average Bonchev–Trinajstić information content (AvgIpc) is 3.43. The van der Waals surface area contributed by atoms with Gasteiger partial charge in [0.25, 0.3) is 5.78 Å². The molecule has 9 nitrogen and oxygen atoms in total. The van der Waals surface area contributed by atoms with Crippen molar-refractivity contribution in [2.75, 3.05) is 13.4 Å². The van der Waals surface area contributed by atoms with E-state index in [4.69, 9.17) is 4.74 Å². The monoisotopic (exact) mass is 465 g/mol. The van der Waals surface area contributed by atoms with Crippen LogP contribution in [-0.4, -0.2) is 48.4 Å². The first-order chi connectivity index (χ1) is 15.9. The first-order valence-electron chi connectivity index (χ1n) is 10.6. The fourth-order valence-corrected chi connectivity index (χ4v) is 4.29. The van der Waals surface area contributed by atoms with E-state index in [2.05, 4.69) is 25.4 Å². The molecule has 0 aliphatic heterocycles. The number of methoxy groups -OCH3 is 1. The summed E-state index contributed by atoms with van der Waals surface area (Å²) < 4.78 is 9.19. The van der Waals surface area contributed by atoms with E-state index in [0.717, 1.165) is 28.3 Å². The van der Waals surface area contributed by atoms with Gasteiger partial charge in [-0.15, -0.1) is 5.10 Å². The summed E-state index contributed by atoms with van der Waals surface area (Å²) in [5, 5.41) is 8.32. The van der Waals surface area contributed by atoms with Crippen LogP contribution < -0.4 is 10.1 Å². The van der Waals surface area contributed by atoms with Crippen LogP contribution in [0.3, 0.4) is 0 Å². The van der Waals surface area contributed by atoms with Crippen molar-refractivity contribution in [2.45, 2.75) is 37.9 Å². The summed E-state index contributed by atoms with van der Waals surface area (Å²) in [5.41, 5.74) is 3.66. The van der Waals surface area contributed by atoms with Crippen LogP contribution in [0.1, 0.15) is 40.8 Å². The van der Waals surface area contributed by atoms with Crippen molar-refractivity contribution in [3.8, 4) is 5.75 Å². The Morgan fingerprint density at radius 1 is 1.24 bits per heavy atom. The molecule has 0 aliphatic carbocycles. The van der Waals surface area contributed by atoms with E-state index in [1.807, 2.05) is 62.2 Å². The molecular weight excluding hydrogens is 438 g/mol. The van der Waals surface area contributed by atoms with Gasteiger partial charge in [-0.1, -0.05) is 30.0 Å². The smallest absolute Gasteiger partial charge is 0.253 e. The lowest BCUT2D eigenvalue weighted by atomic mass is 10.0. The van der Waals surface area contributed by atoms with E-state index in [-0.39, 0.29) is 5.91 Å². The minimum atomic E-state index is -0.434. The highest BCUT2D eigenvalue weighted by Gasteiger charge is 2.24. The van der Waals surface area contributed by atoms with Crippen molar-refractivity contribution >= 4 is 23.4 Å². The van der Waals surface area contributed by atoms with Crippen LogP contribution in [0, 0.1) is 13.8 Å². The number of amides is 1. The van der Waals surface area contributed by atoms with Gasteiger partial charge in [-0.05, 0) is 38.2 Å². The summed E-state index contributed by atoms with van der Waals surface area (Å²) in [4.78, 5) is 26.6. The summed E-state index contributed by atoms with van der Waals surface area (Å²) in [6.45, 7) is 3.93. The summed E-state index contributed by atoms with van der Waals surface area (Å²) in [5.74, 6) is 1.92. The number of rotatable bonds is 8. The third-order valence-corrected chi connectivity index (χ3v) is 6.22. The number of hydrogen-bond acceptors (Lipinski definition) is 7. The Hall–Kier alpha value is -3.40. The number of aromatic nitrogens is 6. The van der Waals surface area contributed by atoms with E-state index in [1.54, 1.807) is 17.8 Å². The predicted molar refractivity (Wildman–Crippen MR) is 127 cm³/mol. The van der Waals surface area contributed by atoms with Crippen LogP contribution in [0.5, 0.6) is 5.75 Å². The van der Waals surface area contributed by atoms with E-state index in [0.29, 0.717) is 29.5 Å². The highest BCUT2D eigenvalue weighted by atomic mass is 32.2. The summed E-state index contributed by atoms with van der Waals surface area (Å²) in [6, 6.07) is 7.22. The quantitative estimate of drug-likeness (QED) is 0.399. The number of carbonyl (C=O) groups is 1. The number of imidazole rings is 1. The zero-order valence-corrected chi connectivity index (χ0v) is 20.2. The first kappa shape index (κ1) is 22.8. The molecule has 1 amide bonds. The molecule has 0 radical (unpaired) electrons. The van der Waals surface area contributed by atoms with Gasteiger partial charge >= 0.3 is 0 Å². The Labute approximate surface area is 196 Å². The van der Waals surface area contributed by atoms with Crippen LogP contribution in [-0.2, 0) is 18.3 Å². The fourth-order valence-electron chi connectivity index (χ4n) is 3.95. The number of benzene rings is 1. The molecule has 33 heavy (non-hydrogen) atoms. The largest absolute Gasteiger partial charge is 0.496 e. The zero-order chi connectivity index (χ0) is 23.5. The highest BCUT2D eigenvalue weighted by Crippen LogP contribution is 2.29. The van der Waals surface area contributed by atoms with Gasteiger partial charge in [0, 0.05) is 42.8 Å². The topological polar surface area (TPSA) is 99.2 Å². The Morgan fingerprint density at radius 3 is 2.73 bits per heavy atom. The van der Waals surface area contributed by atoms with Crippen molar-refractivity contribution in [3.05, 3.63) is 65.0 Å². The molecule has 0 spiro atoms. The van der Waals surface area contributed by atoms with Gasteiger partial charge in [0.15, 0.2) is 0 Å². The fraction of sp³-hybridized carbons (Fsp3) is 0.348. The number of para-hydroxylation sites is 1. The Kier molecular flexibility index (Phi) is 6.64. The summed E-state index contributed by atoms with van der Waals surface area (Å²) in [7, 11) is 3.53. The maximum absolute atomic E-state index is 13.1. The molecule has 4 rings (SSSR count). The number of hydrogen-bond donors (Lipinski definition) is 1. The van der Waals surface area contributed by atoms with Gasteiger partial charge in [0.2, 0.25) is 11.1 Å². The third kappa shape index (κ3) is 4.56. The van der Waals surface area contributed by atoms with Gasteiger partial charge < -0.3 is 14.6 Å². The van der Waals surface area contributed by atoms with Crippen molar-refractivity contribution in [1.82, 2.24) is 34.4 Å². The number of carbonyl (C=O) groups excluding carboxylic acids is 1. The molecular formula is C23H27N7O2S. The lowest BCUT2D eigenvalue weighted by molar-refractivity contribution is -0.121. The molecule has 10 heteroatoms. The predicted octanol–water partition coefficient (Wildman–Crippen LogP) is 3.04. The lowest BCUT2D eigenvalue weighted by Crippen LogP contribution is -2.31. The molecule has 172 valence electrons. The van der Waals surface area contributed by atoms with Crippen molar-refractivity contribution < 1.29 is 9.53 Å². The lowest BCUT2D eigenvalue weighted by Gasteiger charge is -2.21. The number of thioether (sulfide) groups is 1. The van der Waals surface area contributed by atoms with Crippen molar-refractivity contribution in [3.63, 3.8) is 0 Å². The van der Waals surface area contributed by atoms with Crippen LogP contribution in [0.25, 0.3) is 5.78 Å². The number of nitrogens with one attached hydrogen (secondary N) is 1. The van der Waals surface area contributed by atoms with E-state index >= 15 is 0 Å². The summed E-state index contributed by atoms with van der Waals surface area (Å²) in [6.07, 6.45) is 6.36. The molecule has 0 saturated carbocycles. The van der Waals surface area contributed by atoms with E-state index in [1.165, 1.54) is 11.8 Å². The second-order valence-corrected chi connectivity index (χ2v) is 8.48. The van der Waals surface area contributed by atoms with Crippen molar-refractivity contribution in [1.29, 1.82) is 0 Å². The van der Waals surface area contributed by atoms with E-state index in [9.17, 15) is 4.79 Å². The number of aryl methyl sites for hydroxylation is 3. The molecule has 0 aliphatic rings. The maximum atomic E-state index is 13.1. The standard InChI is InChI=1S/C23H27N7O2S/c1-14-16(15(2)30-22(25-14)27-23(28-30)33-5)10-11-19(31)26-20(21-24-12-13-29(21)3)17-8-6-7-9-18(17)32-4/h6-9,12-13,20H,10-11H2,1-5H3,(H,26,31). The minimum absolute atomic E-state index is 0.0869. The highest BCUT2D eigenvalue weighted by molar-refractivity contribution is 7.98. The van der Waals surface area contributed by atoms with Crippen molar-refractivity contribution in [2.24, 2.45) is 7.05 Å². The molecule has 0 bridgehead atoms. The van der Waals surface area contributed by atoms with Gasteiger partial charge in [-0.3, -0.25) is 4.79 Å². The van der Waals surface area contributed by atoms with Crippen LogP contribution in [0.2, 0.25) is 0 Å². The second-order valence-electron chi connectivity index (χ2n) is 7.71. The average molecular weight is 466 g/mol. The van der Waals surface area contributed by atoms with Crippen LogP contribution >= 0.6 is 11.8 Å². The van der Waals surface area contributed by atoms with Gasteiger partial charge in [-0.25, -0.2) is 14.5 Å². The second kappa shape index (κ2) is 9.62. The Bertz CT molecular complexity index is 1300. The molecule has 1 N–H and O–H groups in total. The number of nitrogens with zero attached hydrogens (tertiary/aromatic N) is 6. The molecule has 3 aromatic heterocycles. The molecule has 1 aromatic carbocycles. The Balaban J connectivity index is 1.57. The van der Waals surface area contributed by atoms with Crippen LogP contribution in [0.15, 0.2) is 41.8 Å². The normalized spacial score (nSPS) is 12.2. The van der Waals surface area contributed by atoms with E-state index < -0.39 is 6.04 Å². The van der Waals surface area contributed by atoms with Gasteiger partial charge in [0.05, 0.1) is 7.11 Å². The first-order valence-corrected chi connectivity index (χ1v) is 11.8. The molecule has 3 heterocycles. The number of ether oxygens (including phenoxy) is 1. The zero-order valence-electron chi connectivity index (χ0n) is 19.4. The molecule has 0 saturated heterocycles. The molecule has 1 atom stereocenters. The van der Waals surface area contributed by atoms with Gasteiger partial charge in [-0.2, -0.15) is 4.98 Å². The van der Waals surface area contributed by atoms with Crippen LogP contribution in [0.4, 0.5) is 0 Å². The molecule has 1 unspecified atom stereocenters. The van der Waals surface area contributed by atoms with Gasteiger partial charge in [0.1, 0.15) is 17.6 Å². The maximum Gasteiger partial charge on any atom is 0.253 e. The SMILES string of the molecule is COc1ccccc1C(NC(=O)CCc1c(C)nc2nc(SC)nn2c1C)c1nccn1C. The molecule has 4 aromatic rings.